The van der Waals surface area contributed by atoms with E-state index in [0.717, 1.165) is 11.1 Å². The normalized spacial score (nSPS) is 19.1. The molecule has 174 valence electrons. The number of amides is 3. The number of nitrogens with one attached hydrogen (secondary N) is 1. The molecule has 0 aliphatic carbocycles. The van der Waals surface area contributed by atoms with E-state index in [1.807, 2.05) is 32.0 Å². The van der Waals surface area contributed by atoms with Gasteiger partial charge in [0.25, 0.3) is 5.91 Å². The molecule has 0 bridgehead atoms. The first kappa shape index (κ1) is 22.4. The smallest absolute Gasteiger partial charge is 0.308 e. The molecule has 2 heterocycles. The van der Waals surface area contributed by atoms with Crippen molar-refractivity contribution in [3.05, 3.63) is 94.6 Å². The Kier molecular flexibility index (Phi) is 5.56. The molecule has 5 rings (SSSR count). The SMILES string of the molecule is Cc1ccc(NC(=O)N2CCS[C@]23C(=O)N(Cc2cccc(F)c2)c2ccc(F)cc23)cc1C. The van der Waals surface area contributed by atoms with E-state index in [2.05, 4.69) is 5.32 Å². The van der Waals surface area contributed by atoms with Crippen LogP contribution in [0.2, 0.25) is 0 Å². The van der Waals surface area contributed by atoms with Crippen molar-refractivity contribution in [2.75, 3.05) is 22.5 Å². The molecule has 0 saturated carbocycles. The van der Waals surface area contributed by atoms with E-state index in [4.69, 9.17) is 0 Å². The number of urea groups is 1. The van der Waals surface area contributed by atoms with Gasteiger partial charge in [0.05, 0.1) is 12.2 Å². The number of carbonyl (C=O) groups excluding carboxylic acids is 2. The second-order valence-corrected chi connectivity index (χ2v) is 9.84. The number of nitrogens with zero attached hydrogens (tertiary/aromatic N) is 2. The summed E-state index contributed by atoms with van der Waals surface area (Å²) in [6, 6.07) is 15.4. The third-order valence-corrected chi connectivity index (χ3v) is 7.81. The average molecular weight is 480 g/mol. The molecular weight excluding hydrogens is 456 g/mol. The number of rotatable bonds is 3. The topological polar surface area (TPSA) is 52.7 Å². The monoisotopic (exact) mass is 479 g/mol. The maximum atomic E-state index is 14.4. The van der Waals surface area contributed by atoms with Crippen LogP contribution < -0.4 is 10.2 Å². The molecule has 1 spiro atoms. The average Bonchev–Trinajstić information content (AvgIpc) is 3.34. The zero-order valence-electron chi connectivity index (χ0n) is 18.8. The second kappa shape index (κ2) is 8.43. The first-order chi connectivity index (χ1) is 16.3. The fourth-order valence-corrected chi connectivity index (χ4v) is 6.02. The molecule has 8 heteroatoms. The van der Waals surface area contributed by atoms with Crippen LogP contribution >= 0.6 is 11.8 Å². The second-order valence-electron chi connectivity index (χ2n) is 8.56. The van der Waals surface area contributed by atoms with Gasteiger partial charge in [-0.2, -0.15) is 0 Å². The van der Waals surface area contributed by atoms with Gasteiger partial charge >= 0.3 is 6.03 Å². The molecule has 2 aliphatic rings. The van der Waals surface area contributed by atoms with Crippen molar-refractivity contribution in [3.63, 3.8) is 0 Å². The molecule has 1 saturated heterocycles. The van der Waals surface area contributed by atoms with Crippen LogP contribution in [0.3, 0.4) is 0 Å². The molecule has 1 fully saturated rings. The van der Waals surface area contributed by atoms with Gasteiger partial charge in [0.1, 0.15) is 11.6 Å². The molecule has 3 aromatic rings. The lowest BCUT2D eigenvalue weighted by Crippen LogP contribution is -2.51. The van der Waals surface area contributed by atoms with Crippen molar-refractivity contribution in [1.82, 2.24) is 4.90 Å². The highest BCUT2D eigenvalue weighted by atomic mass is 32.2. The number of fused-ring (bicyclic) bond motifs is 2. The zero-order valence-corrected chi connectivity index (χ0v) is 19.6. The van der Waals surface area contributed by atoms with Crippen LogP contribution in [-0.4, -0.2) is 29.1 Å². The third-order valence-electron chi connectivity index (χ3n) is 6.39. The molecule has 3 aromatic carbocycles. The molecule has 0 unspecified atom stereocenters. The minimum absolute atomic E-state index is 0.115. The number of carbonyl (C=O) groups is 2. The number of hydrogen-bond donors (Lipinski definition) is 1. The van der Waals surface area contributed by atoms with Crippen molar-refractivity contribution < 1.29 is 18.4 Å². The van der Waals surface area contributed by atoms with E-state index < -0.39 is 22.5 Å². The van der Waals surface area contributed by atoms with Crippen molar-refractivity contribution in [2.45, 2.75) is 25.3 Å². The third kappa shape index (κ3) is 3.62. The Bertz CT molecular complexity index is 1310. The summed E-state index contributed by atoms with van der Waals surface area (Å²) in [6.45, 7) is 4.39. The summed E-state index contributed by atoms with van der Waals surface area (Å²) in [5, 5.41) is 2.90. The van der Waals surface area contributed by atoms with E-state index >= 15 is 0 Å². The number of thioether (sulfide) groups is 1. The van der Waals surface area contributed by atoms with E-state index in [1.54, 1.807) is 18.2 Å². The Morgan fingerprint density at radius 2 is 1.82 bits per heavy atom. The number of halogens is 2. The molecule has 1 atom stereocenters. The van der Waals surface area contributed by atoms with E-state index in [1.165, 1.54) is 45.8 Å². The summed E-state index contributed by atoms with van der Waals surface area (Å²) in [7, 11) is 0. The standard InChI is InChI=1S/C26H23F2N3O2S/c1-16-6-8-21(12-17(16)2)29-25(33)31-10-11-34-26(31)22-14-20(28)7-9-23(22)30(24(26)32)15-18-4-3-5-19(27)13-18/h3-9,12-14H,10-11,15H2,1-2H3,(H,29,33)/t26-/m1/s1. The van der Waals surface area contributed by atoms with Gasteiger partial charge < -0.3 is 10.2 Å². The van der Waals surface area contributed by atoms with Gasteiger partial charge in [0.15, 0.2) is 4.87 Å². The number of benzene rings is 3. The molecule has 0 aromatic heterocycles. The van der Waals surface area contributed by atoms with Gasteiger partial charge in [-0.25, -0.2) is 13.6 Å². The van der Waals surface area contributed by atoms with Crippen LogP contribution in [0.5, 0.6) is 0 Å². The van der Waals surface area contributed by atoms with Crippen LogP contribution in [0.4, 0.5) is 25.0 Å². The Labute approximate surface area is 200 Å². The predicted molar refractivity (Wildman–Crippen MR) is 130 cm³/mol. The quantitative estimate of drug-likeness (QED) is 0.535. The lowest BCUT2D eigenvalue weighted by molar-refractivity contribution is -0.123. The van der Waals surface area contributed by atoms with Gasteiger partial charge in [0, 0.05) is 23.5 Å². The van der Waals surface area contributed by atoms with Crippen molar-refractivity contribution >= 4 is 35.1 Å². The lowest BCUT2D eigenvalue weighted by atomic mass is 10.1. The first-order valence-electron chi connectivity index (χ1n) is 11.0. The van der Waals surface area contributed by atoms with Gasteiger partial charge in [-0.15, -0.1) is 11.8 Å². The molecule has 2 aliphatic heterocycles. The first-order valence-corrected chi connectivity index (χ1v) is 11.9. The maximum absolute atomic E-state index is 14.4. The maximum Gasteiger partial charge on any atom is 0.323 e. The summed E-state index contributed by atoms with van der Waals surface area (Å²) in [5.74, 6) is -0.700. The van der Waals surface area contributed by atoms with Gasteiger partial charge in [-0.1, -0.05) is 18.2 Å². The van der Waals surface area contributed by atoms with Crippen LogP contribution in [0, 0.1) is 25.5 Å². The highest BCUT2D eigenvalue weighted by Gasteiger charge is 2.59. The van der Waals surface area contributed by atoms with Crippen LogP contribution in [0.1, 0.15) is 22.3 Å². The van der Waals surface area contributed by atoms with Gasteiger partial charge in [-0.05, 0) is 73.0 Å². The minimum Gasteiger partial charge on any atom is -0.308 e. The van der Waals surface area contributed by atoms with Gasteiger partial charge in [0.2, 0.25) is 0 Å². The zero-order chi connectivity index (χ0) is 24.0. The number of aryl methyl sites for hydroxylation is 2. The van der Waals surface area contributed by atoms with E-state index in [0.29, 0.717) is 34.8 Å². The molecule has 34 heavy (non-hydrogen) atoms. The largest absolute Gasteiger partial charge is 0.323 e. The predicted octanol–water partition coefficient (Wildman–Crippen LogP) is 5.56. The Hall–Kier alpha value is -3.39. The molecule has 3 amide bonds. The summed E-state index contributed by atoms with van der Waals surface area (Å²) < 4.78 is 28.2. The summed E-state index contributed by atoms with van der Waals surface area (Å²) >= 11 is 1.32. The highest BCUT2D eigenvalue weighted by Crippen LogP contribution is 2.54. The van der Waals surface area contributed by atoms with Crippen molar-refractivity contribution in [2.24, 2.45) is 0 Å². The van der Waals surface area contributed by atoms with Crippen molar-refractivity contribution in [1.29, 1.82) is 0 Å². The Morgan fingerprint density at radius 3 is 2.59 bits per heavy atom. The number of anilines is 2. The Morgan fingerprint density at radius 1 is 1.03 bits per heavy atom. The minimum atomic E-state index is -1.38. The van der Waals surface area contributed by atoms with E-state index in [-0.39, 0.29) is 12.5 Å². The van der Waals surface area contributed by atoms with Crippen LogP contribution in [0.15, 0.2) is 60.7 Å². The highest BCUT2D eigenvalue weighted by molar-refractivity contribution is 8.01. The fraction of sp³-hybridized carbons (Fsp3) is 0.231. The molecule has 0 radical (unpaired) electrons. The lowest BCUT2D eigenvalue weighted by Gasteiger charge is -2.33. The summed E-state index contributed by atoms with van der Waals surface area (Å²) in [5.41, 5.74) is 4.33. The van der Waals surface area contributed by atoms with Gasteiger partial charge in [-0.3, -0.25) is 9.69 Å². The van der Waals surface area contributed by atoms with Crippen LogP contribution in [0.25, 0.3) is 0 Å². The molecule has 1 N–H and O–H groups in total. The van der Waals surface area contributed by atoms with Crippen LogP contribution in [-0.2, 0) is 16.2 Å². The summed E-state index contributed by atoms with van der Waals surface area (Å²) in [6.07, 6.45) is 0. The van der Waals surface area contributed by atoms with Crippen molar-refractivity contribution in [3.8, 4) is 0 Å². The molecule has 5 nitrogen and oxygen atoms in total. The Balaban J connectivity index is 1.52. The summed E-state index contributed by atoms with van der Waals surface area (Å²) in [4.78, 5) is 28.9. The molecular formula is C26H23F2N3O2S. The number of hydrogen-bond acceptors (Lipinski definition) is 3. The fourth-order valence-electron chi connectivity index (χ4n) is 4.57. The van der Waals surface area contributed by atoms with E-state index in [9.17, 15) is 18.4 Å².